The first-order valence-electron chi connectivity index (χ1n) is 13.4. The maximum atomic E-state index is 5.10. The van der Waals surface area contributed by atoms with Crippen molar-refractivity contribution in [1.82, 2.24) is 10.0 Å². The molecule has 180 valence electrons. The van der Waals surface area contributed by atoms with Crippen LogP contribution in [0.15, 0.2) is 45.3 Å². The molecule has 1 aromatic rings. The molecule has 0 saturated carbocycles. The molecule has 0 aromatic heterocycles. The number of hydrogen-bond donors (Lipinski definition) is 0. The van der Waals surface area contributed by atoms with Crippen LogP contribution in [0, 0.1) is 0 Å². The van der Waals surface area contributed by atoms with Crippen molar-refractivity contribution in [2.45, 2.75) is 78.1 Å². The standard InChI is InChI=1S/C27H43N6/c1-3-4-5-6-7-8-9-10-14-17-26-29-20-23-33(26,31-21-18-28-24(31)2)32-22-19-30-27(32)25-15-12-11-13-16-25/h11-13,15-16H,3-10,14,17-23H2,1-2H3/q+1. The van der Waals surface area contributed by atoms with E-state index >= 15 is 0 Å². The molecule has 0 N–H and O–H groups in total. The van der Waals surface area contributed by atoms with Crippen LogP contribution in [0.2, 0.25) is 0 Å². The van der Waals surface area contributed by atoms with Crippen LogP contribution >= 0.6 is 0 Å². The first kappa shape index (κ1) is 23.9. The Hall–Kier alpha value is -2.21. The third-order valence-corrected chi connectivity index (χ3v) is 7.30. The van der Waals surface area contributed by atoms with Gasteiger partial charge in [0.2, 0.25) is 5.84 Å². The average Bonchev–Trinajstić information content (AvgIpc) is 3.58. The van der Waals surface area contributed by atoms with Crippen LogP contribution in [-0.4, -0.2) is 71.5 Å². The number of unbranched alkanes of at least 4 members (excludes halogenated alkanes) is 8. The third kappa shape index (κ3) is 5.32. The summed E-state index contributed by atoms with van der Waals surface area (Å²) in [6.45, 7) is 9.93. The van der Waals surface area contributed by atoms with Gasteiger partial charge in [0.1, 0.15) is 5.84 Å². The molecule has 0 bridgehead atoms. The van der Waals surface area contributed by atoms with Gasteiger partial charge in [0, 0.05) is 12.0 Å². The summed E-state index contributed by atoms with van der Waals surface area (Å²) in [7, 11) is 0. The van der Waals surface area contributed by atoms with E-state index in [1.54, 1.807) is 0 Å². The molecule has 0 radical (unpaired) electrons. The lowest BCUT2D eigenvalue weighted by atomic mass is 10.1. The van der Waals surface area contributed by atoms with Crippen molar-refractivity contribution in [1.29, 1.82) is 0 Å². The van der Waals surface area contributed by atoms with Crippen LogP contribution in [0.5, 0.6) is 0 Å². The summed E-state index contributed by atoms with van der Waals surface area (Å²) in [4.78, 5) is 14.8. The molecule has 0 fully saturated rings. The van der Waals surface area contributed by atoms with Crippen molar-refractivity contribution >= 4 is 17.5 Å². The van der Waals surface area contributed by atoms with Crippen LogP contribution in [0.25, 0.3) is 0 Å². The molecule has 1 aromatic carbocycles. The number of aliphatic imine (C=N–C) groups is 3. The molecule has 1 atom stereocenters. The van der Waals surface area contributed by atoms with E-state index in [0.717, 1.165) is 57.4 Å². The molecule has 3 heterocycles. The van der Waals surface area contributed by atoms with Gasteiger partial charge in [-0.1, -0.05) is 93.3 Å². The first-order chi connectivity index (χ1) is 16.3. The molecule has 6 heteroatoms. The summed E-state index contributed by atoms with van der Waals surface area (Å²) in [5.74, 6) is 3.55. The molecule has 3 aliphatic rings. The van der Waals surface area contributed by atoms with Gasteiger partial charge in [-0.3, -0.25) is 9.98 Å². The van der Waals surface area contributed by atoms with Crippen LogP contribution in [-0.2, 0) is 0 Å². The molecule has 6 nitrogen and oxygen atoms in total. The lowest BCUT2D eigenvalue weighted by Gasteiger charge is -2.47. The Bertz CT molecular complexity index is 845. The van der Waals surface area contributed by atoms with E-state index in [0.29, 0.717) is 4.70 Å². The Morgan fingerprint density at radius 1 is 0.758 bits per heavy atom. The summed E-state index contributed by atoms with van der Waals surface area (Å²) in [6, 6.07) is 10.7. The van der Waals surface area contributed by atoms with Gasteiger partial charge in [-0.05, 0) is 13.3 Å². The van der Waals surface area contributed by atoms with Gasteiger partial charge < -0.3 is 0 Å². The van der Waals surface area contributed by atoms with Gasteiger partial charge >= 0.3 is 0 Å². The summed E-state index contributed by atoms with van der Waals surface area (Å²) >= 11 is 0. The fourth-order valence-corrected chi connectivity index (χ4v) is 5.61. The van der Waals surface area contributed by atoms with Crippen molar-refractivity contribution in [3.63, 3.8) is 0 Å². The van der Waals surface area contributed by atoms with Gasteiger partial charge in [0.25, 0.3) is 0 Å². The molecule has 0 aliphatic carbocycles. The second-order valence-electron chi connectivity index (χ2n) is 9.58. The van der Waals surface area contributed by atoms with E-state index < -0.39 is 0 Å². The van der Waals surface area contributed by atoms with Crippen LogP contribution in [0.4, 0.5) is 0 Å². The lowest BCUT2D eigenvalue weighted by molar-refractivity contribution is -1.03. The van der Waals surface area contributed by atoms with E-state index in [-0.39, 0.29) is 0 Å². The largest absolute Gasteiger partial charge is 0.266 e. The fraction of sp³-hybridized carbons (Fsp3) is 0.667. The zero-order chi connectivity index (χ0) is 22.9. The van der Waals surface area contributed by atoms with Crippen molar-refractivity contribution in [2.75, 3.05) is 39.3 Å². The molecule has 4 rings (SSSR count). The number of rotatable bonds is 13. The highest BCUT2D eigenvalue weighted by Crippen LogP contribution is 2.32. The zero-order valence-corrected chi connectivity index (χ0v) is 20.9. The Balaban J connectivity index is 1.43. The van der Waals surface area contributed by atoms with Gasteiger partial charge in [-0.25, -0.2) is 4.99 Å². The monoisotopic (exact) mass is 451 g/mol. The summed E-state index contributed by atoms with van der Waals surface area (Å²) in [5, 5.41) is 5.00. The smallest absolute Gasteiger partial charge is 0.249 e. The molecule has 3 aliphatic heterocycles. The van der Waals surface area contributed by atoms with Gasteiger partial charge in [-0.2, -0.15) is 10.0 Å². The molecule has 0 spiro atoms. The van der Waals surface area contributed by atoms with Crippen molar-refractivity contribution in [3.05, 3.63) is 35.9 Å². The molecule has 0 amide bonds. The maximum absolute atomic E-state index is 5.10. The molecule has 0 saturated heterocycles. The van der Waals surface area contributed by atoms with Crippen molar-refractivity contribution in [2.24, 2.45) is 15.0 Å². The van der Waals surface area contributed by atoms with Crippen LogP contribution < -0.4 is 0 Å². The predicted molar refractivity (Wildman–Crippen MR) is 139 cm³/mol. The first-order valence-corrected chi connectivity index (χ1v) is 13.4. The second-order valence-corrected chi connectivity index (χ2v) is 9.58. The Morgan fingerprint density at radius 2 is 1.42 bits per heavy atom. The number of benzene rings is 1. The predicted octanol–water partition coefficient (Wildman–Crippen LogP) is 5.46. The molecular weight excluding hydrogens is 408 g/mol. The highest BCUT2D eigenvalue weighted by molar-refractivity contribution is 6.00. The minimum absolute atomic E-state index is 0.695. The van der Waals surface area contributed by atoms with E-state index in [4.69, 9.17) is 15.0 Å². The zero-order valence-electron chi connectivity index (χ0n) is 20.9. The van der Waals surface area contributed by atoms with Crippen LogP contribution in [0.3, 0.4) is 0 Å². The maximum Gasteiger partial charge on any atom is 0.249 e. The topological polar surface area (TPSA) is 43.6 Å². The normalized spacial score (nSPS) is 22.7. The number of nitrogens with zero attached hydrogens (tertiary/aromatic N) is 6. The second kappa shape index (κ2) is 11.8. The lowest BCUT2D eigenvalue weighted by Crippen LogP contribution is -2.72. The summed E-state index contributed by atoms with van der Waals surface area (Å²) in [5.41, 5.74) is 1.20. The Morgan fingerprint density at radius 3 is 2.12 bits per heavy atom. The van der Waals surface area contributed by atoms with E-state index in [1.165, 1.54) is 69.2 Å². The Kier molecular flexibility index (Phi) is 8.54. The minimum Gasteiger partial charge on any atom is -0.266 e. The van der Waals surface area contributed by atoms with E-state index in [1.807, 2.05) is 0 Å². The quantitative estimate of drug-likeness (QED) is 0.295. The third-order valence-electron chi connectivity index (χ3n) is 7.30. The van der Waals surface area contributed by atoms with Crippen LogP contribution in [0.1, 0.15) is 83.6 Å². The van der Waals surface area contributed by atoms with E-state index in [2.05, 4.69) is 54.2 Å². The van der Waals surface area contributed by atoms with Gasteiger partial charge in [0.15, 0.2) is 12.4 Å². The van der Waals surface area contributed by atoms with Crippen molar-refractivity contribution < 1.29 is 4.70 Å². The summed E-state index contributed by atoms with van der Waals surface area (Å²) in [6.07, 6.45) is 13.3. The minimum atomic E-state index is 0.695. The number of quaternary nitrogens is 1. The SMILES string of the molecule is CCCCCCCCCCCC1=NCC[N+]1(N1CCN=C1C)N1CCN=C1c1ccccc1. The summed E-state index contributed by atoms with van der Waals surface area (Å²) < 4.78 is 0.695. The average molecular weight is 452 g/mol. The highest BCUT2D eigenvalue weighted by Gasteiger charge is 2.53. The van der Waals surface area contributed by atoms with Crippen molar-refractivity contribution in [3.8, 4) is 0 Å². The molecular formula is C27H43N6+. The number of hydrogen-bond acceptors (Lipinski definition) is 5. The fourth-order valence-electron chi connectivity index (χ4n) is 5.61. The Labute approximate surface area is 200 Å². The van der Waals surface area contributed by atoms with Gasteiger partial charge in [-0.15, -0.1) is 0 Å². The highest BCUT2D eigenvalue weighted by atomic mass is 16.0. The molecule has 1 unspecified atom stereocenters. The van der Waals surface area contributed by atoms with Gasteiger partial charge in [0.05, 0.1) is 32.7 Å². The number of amidine groups is 3. The molecule has 33 heavy (non-hydrogen) atoms. The van der Waals surface area contributed by atoms with E-state index in [9.17, 15) is 0 Å².